The Morgan fingerprint density at radius 2 is 1.97 bits per heavy atom. The van der Waals surface area contributed by atoms with E-state index in [1.165, 1.54) is 12.3 Å². The van der Waals surface area contributed by atoms with Gasteiger partial charge in [0.05, 0.1) is 22.6 Å². The number of hydrogen-bond donors (Lipinski definition) is 3. The Balaban J connectivity index is 1.57. The molecular weight excluding hydrogens is 440 g/mol. The summed E-state index contributed by atoms with van der Waals surface area (Å²) in [6, 6.07) is 13.7. The number of likely N-dealkylation sites (N-methyl/N-ethyl adjacent to an activating group) is 1. The van der Waals surface area contributed by atoms with Crippen LogP contribution in [-0.2, 0) is 11.3 Å². The maximum absolute atomic E-state index is 12.1. The van der Waals surface area contributed by atoms with Crippen LogP contribution < -0.4 is 20.9 Å². The summed E-state index contributed by atoms with van der Waals surface area (Å²) in [4.78, 5) is 25.2. The van der Waals surface area contributed by atoms with Gasteiger partial charge in [-0.3, -0.25) is 9.78 Å². The Bertz CT molecular complexity index is 1230. The van der Waals surface area contributed by atoms with E-state index in [0.29, 0.717) is 35.0 Å². The number of pyridine rings is 2. The number of benzene rings is 1. The van der Waals surface area contributed by atoms with E-state index in [4.69, 9.17) is 0 Å². The van der Waals surface area contributed by atoms with Gasteiger partial charge in [0.25, 0.3) is 0 Å². The van der Waals surface area contributed by atoms with Crippen LogP contribution in [0.5, 0.6) is 0 Å². The van der Waals surface area contributed by atoms with Gasteiger partial charge in [0.15, 0.2) is 0 Å². The number of nitriles is 1. The molecule has 0 saturated carbocycles. The van der Waals surface area contributed by atoms with Gasteiger partial charge in [-0.15, -0.1) is 0 Å². The molecule has 9 heteroatoms. The molecule has 4 rings (SSSR count). The first-order valence-electron chi connectivity index (χ1n) is 11.4. The Kier molecular flexibility index (Phi) is 7.55. The zero-order valence-corrected chi connectivity index (χ0v) is 19.7. The molecule has 1 saturated heterocycles. The van der Waals surface area contributed by atoms with Gasteiger partial charge in [-0.2, -0.15) is 5.26 Å². The topological polar surface area (TPSA) is 109 Å². The molecule has 3 N–H and O–H groups in total. The molecule has 1 amide bonds. The second-order valence-corrected chi connectivity index (χ2v) is 8.28. The molecular formula is C26H28N8O. The van der Waals surface area contributed by atoms with Crippen molar-refractivity contribution in [1.29, 1.82) is 5.26 Å². The third kappa shape index (κ3) is 6.13. The number of anilines is 5. The highest BCUT2D eigenvalue weighted by Gasteiger charge is 2.17. The van der Waals surface area contributed by atoms with Crippen molar-refractivity contribution in [3.05, 3.63) is 78.8 Å². The second kappa shape index (κ2) is 11.1. The molecule has 3 aromatic rings. The number of rotatable bonds is 8. The smallest absolute Gasteiger partial charge is 0.247 e. The number of nitrogens with zero attached hydrogens (tertiary/aromatic N) is 5. The molecule has 1 aliphatic rings. The van der Waals surface area contributed by atoms with Gasteiger partial charge in [-0.25, -0.2) is 4.98 Å². The van der Waals surface area contributed by atoms with E-state index in [1.54, 1.807) is 18.5 Å². The maximum atomic E-state index is 12.1. The van der Waals surface area contributed by atoms with E-state index in [0.717, 1.165) is 37.4 Å². The predicted octanol–water partition coefficient (Wildman–Crippen LogP) is 3.58. The molecule has 178 valence electrons. The normalized spacial score (nSPS) is 13.5. The van der Waals surface area contributed by atoms with Crippen LogP contribution in [0.4, 0.5) is 28.6 Å². The Morgan fingerprint density at radius 1 is 1.14 bits per heavy atom. The summed E-state index contributed by atoms with van der Waals surface area (Å²) >= 11 is 0. The summed E-state index contributed by atoms with van der Waals surface area (Å²) in [5, 5.41) is 19.0. The lowest BCUT2D eigenvalue weighted by molar-refractivity contribution is -0.111. The number of piperazine rings is 1. The maximum Gasteiger partial charge on any atom is 0.247 e. The molecule has 35 heavy (non-hydrogen) atoms. The highest BCUT2D eigenvalue weighted by molar-refractivity contribution is 6.02. The molecule has 0 spiro atoms. The molecule has 0 radical (unpaired) electrons. The fourth-order valence-electron chi connectivity index (χ4n) is 3.79. The number of aromatic nitrogens is 2. The van der Waals surface area contributed by atoms with Crippen LogP contribution in [0.15, 0.2) is 67.6 Å². The number of nitrogens with one attached hydrogen (secondary N) is 3. The van der Waals surface area contributed by atoms with Crippen LogP contribution in [0, 0.1) is 11.3 Å². The summed E-state index contributed by atoms with van der Waals surface area (Å²) in [6.07, 6.45) is 6.26. The molecule has 0 atom stereocenters. The highest BCUT2D eigenvalue weighted by Crippen LogP contribution is 2.31. The van der Waals surface area contributed by atoms with Crippen LogP contribution in [-0.4, -0.2) is 54.0 Å². The molecule has 0 bridgehead atoms. The Labute approximate surface area is 205 Å². The second-order valence-electron chi connectivity index (χ2n) is 8.28. The summed E-state index contributed by atoms with van der Waals surface area (Å²) < 4.78 is 0. The third-order valence-corrected chi connectivity index (χ3v) is 5.81. The minimum absolute atomic E-state index is 0.296. The van der Waals surface area contributed by atoms with Crippen molar-refractivity contribution in [1.82, 2.24) is 14.9 Å². The van der Waals surface area contributed by atoms with Gasteiger partial charge in [0.2, 0.25) is 5.91 Å². The first kappa shape index (κ1) is 23.7. The van der Waals surface area contributed by atoms with Crippen molar-refractivity contribution in [2.24, 2.45) is 0 Å². The van der Waals surface area contributed by atoms with Crippen molar-refractivity contribution in [2.75, 3.05) is 54.1 Å². The van der Waals surface area contributed by atoms with Crippen LogP contribution >= 0.6 is 0 Å². The van der Waals surface area contributed by atoms with Crippen molar-refractivity contribution >= 4 is 34.5 Å². The first-order valence-corrected chi connectivity index (χ1v) is 11.4. The Hall–Kier alpha value is -4.42. The lowest BCUT2D eigenvalue weighted by Gasteiger charge is -2.34. The average molecular weight is 469 g/mol. The van der Waals surface area contributed by atoms with E-state index >= 15 is 0 Å². The molecule has 1 aromatic carbocycles. The molecule has 3 heterocycles. The molecule has 0 unspecified atom stereocenters. The fraction of sp³-hybridized carbons (Fsp3) is 0.231. The molecule has 1 aliphatic heterocycles. The number of carbonyl (C=O) groups is 1. The van der Waals surface area contributed by atoms with Crippen molar-refractivity contribution in [3.63, 3.8) is 0 Å². The van der Waals surface area contributed by atoms with Gasteiger partial charge in [0.1, 0.15) is 11.9 Å². The van der Waals surface area contributed by atoms with Crippen molar-refractivity contribution < 1.29 is 4.79 Å². The van der Waals surface area contributed by atoms with E-state index in [9.17, 15) is 10.1 Å². The van der Waals surface area contributed by atoms with E-state index in [1.807, 2.05) is 30.3 Å². The van der Waals surface area contributed by atoms with Gasteiger partial charge in [-0.05, 0) is 43.0 Å². The van der Waals surface area contributed by atoms with E-state index in [2.05, 4.69) is 55.4 Å². The van der Waals surface area contributed by atoms with E-state index < -0.39 is 0 Å². The van der Waals surface area contributed by atoms with Crippen LogP contribution in [0.2, 0.25) is 0 Å². The minimum atomic E-state index is -0.296. The third-order valence-electron chi connectivity index (χ3n) is 5.81. The summed E-state index contributed by atoms with van der Waals surface area (Å²) in [6.45, 7) is 7.89. The predicted molar refractivity (Wildman–Crippen MR) is 139 cm³/mol. The Morgan fingerprint density at radius 3 is 2.69 bits per heavy atom. The lowest BCUT2D eigenvalue weighted by atomic mass is 10.2. The van der Waals surface area contributed by atoms with Crippen molar-refractivity contribution in [2.45, 2.75) is 6.54 Å². The first-order chi connectivity index (χ1) is 17.1. The summed E-state index contributed by atoms with van der Waals surface area (Å²) in [5.74, 6) is 0.245. The van der Waals surface area contributed by atoms with Crippen LogP contribution in [0.25, 0.3) is 0 Å². The van der Waals surface area contributed by atoms with Crippen LogP contribution in [0.3, 0.4) is 0 Å². The van der Waals surface area contributed by atoms with Gasteiger partial charge < -0.3 is 25.8 Å². The fourth-order valence-corrected chi connectivity index (χ4v) is 3.79. The number of amides is 1. The molecule has 1 fully saturated rings. The molecule has 2 aromatic heterocycles. The van der Waals surface area contributed by atoms with Crippen molar-refractivity contribution in [3.8, 4) is 6.07 Å². The van der Waals surface area contributed by atoms with Gasteiger partial charge in [0, 0.05) is 63.1 Å². The molecule has 9 nitrogen and oxygen atoms in total. The lowest BCUT2D eigenvalue weighted by Crippen LogP contribution is -2.44. The highest BCUT2D eigenvalue weighted by atomic mass is 16.1. The summed E-state index contributed by atoms with van der Waals surface area (Å²) in [5.41, 5.74) is 4.44. The standard InChI is InChI=1S/C26H28N8O/c1-3-26(35)32-24-13-21(34-11-9-33(2)10-12-34)6-7-22(24)31-25-14-23(20(15-27)18-30-25)29-17-19-5-4-8-28-16-19/h3-8,13-14,16,18H,1,9-12,17H2,2H3,(H,32,35)(H2,29,30,31). The van der Waals surface area contributed by atoms with Crippen LogP contribution in [0.1, 0.15) is 11.1 Å². The summed E-state index contributed by atoms with van der Waals surface area (Å²) in [7, 11) is 2.12. The average Bonchev–Trinajstić information content (AvgIpc) is 2.89. The monoisotopic (exact) mass is 468 g/mol. The van der Waals surface area contributed by atoms with Gasteiger partial charge >= 0.3 is 0 Å². The zero-order valence-electron chi connectivity index (χ0n) is 19.7. The number of hydrogen-bond acceptors (Lipinski definition) is 8. The minimum Gasteiger partial charge on any atom is -0.380 e. The zero-order chi connectivity index (χ0) is 24.6. The largest absolute Gasteiger partial charge is 0.380 e. The van der Waals surface area contributed by atoms with Gasteiger partial charge in [-0.1, -0.05) is 12.6 Å². The number of carbonyl (C=O) groups excluding carboxylic acids is 1. The van der Waals surface area contributed by atoms with E-state index in [-0.39, 0.29) is 5.91 Å². The molecule has 0 aliphatic carbocycles. The SMILES string of the molecule is C=CC(=O)Nc1cc(N2CCN(C)CC2)ccc1Nc1cc(NCc2cccnc2)c(C#N)cn1. The quantitative estimate of drug-likeness (QED) is 0.431.